The molecule has 1 heterocycles. The second-order valence-corrected chi connectivity index (χ2v) is 7.97. The molecule has 0 saturated heterocycles. The molecule has 1 saturated carbocycles. The highest BCUT2D eigenvalue weighted by molar-refractivity contribution is 7.89. The lowest BCUT2D eigenvalue weighted by molar-refractivity contribution is 0.296. The summed E-state index contributed by atoms with van der Waals surface area (Å²) >= 11 is 0. The molecule has 2 aromatic rings. The first-order valence-corrected chi connectivity index (χ1v) is 9.58. The SMILES string of the molecule is Cc1ccc(S(=O)(=O)NC2CCCCC2CN)c2cccnc12.Cl. The molecule has 0 amide bonds. The summed E-state index contributed by atoms with van der Waals surface area (Å²) in [6, 6.07) is 6.98. The molecule has 1 aliphatic rings. The van der Waals surface area contributed by atoms with Crippen molar-refractivity contribution < 1.29 is 8.42 Å². The summed E-state index contributed by atoms with van der Waals surface area (Å²) in [5, 5.41) is 0.667. The first-order chi connectivity index (χ1) is 11.0. The van der Waals surface area contributed by atoms with Gasteiger partial charge in [-0.05, 0) is 56.0 Å². The van der Waals surface area contributed by atoms with Crippen molar-refractivity contribution in [3.8, 4) is 0 Å². The second kappa shape index (κ2) is 7.78. The summed E-state index contributed by atoms with van der Waals surface area (Å²) in [6.45, 7) is 2.45. The van der Waals surface area contributed by atoms with Crippen LogP contribution in [-0.2, 0) is 10.0 Å². The lowest BCUT2D eigenvalue weighted by Gasteiger charge is -2.31. The highest BCUT2D eigenvalue weighted by atomic mass is 35.5. The molecule has 1 aromatic carbocycles. The lowest BCUT2D eigenvalue weighted by Crippen LogP contribution is -2.44. The van der Waals surface area contributed by atoms with Gasteiger partial charge in [-0.1, -0.05) is 18.9 Å². The predicted molar refractivity (Wildman–Crippen MR) is 98.8 cm³/mol. The van der Waals surface area contributed by atoms with E-state index in [0.29, 0.717) is 16.8 Å². The molecule has 3 N–H and O–H groups in total. The molecule has 24 heavy (non-hydrogen) atoms. The fourth-order valence-electron chi connectivity index (χ4n) is 3.43. The Labute approximate surface area is 149 Å². The first-order valence-electron chi connectivity index (χ1n) is 8.09. The molecule has 0 aliphatic heterocycles. The van der Waals surface area contributed by atoms with Crippen LogP contribution in [0.1, 0.15) is 31.2 Å². The Balaban J connectivity index is 0.00000208. The minimum absolute atomic E-state index is 0. The summed E-state index contributed by atoms with van der Waals surface area (Å²) in [6.07, 6.45) is 5.69. The van der Waals surface area contributed by atoms with Crippen molar-refractivity contribution in [2.45, 2.75) is 43.5 Å². The zero-order chi connectivity index (χ0) is 16.4. The number of sulfonamides is 1. The number of benzene rings is 1. The Morgan fingerprint density at radius 2 is 2.00 bits per heavy atom. The molecular weight excluding hydrogens is 346 g/mol. The van der Waals surface area contributed by atoms with Crippen molar-refractivity contribution in [2.24, 2.45) is 11.7 Å². The highest BCUT2D eigenvalue weighted by Crippen LogP contribution is 2.28. The number of hydrogen-bond acceptors (Lipinski definition) is 4. The van der Waals surface area contributed by atoms with E-state index in [9.17, 15) is 8.42 Å². The van der Waals surface area contributed by atoms with E-state index in [-0.39, 0.29) is 24.4 Å². The lowest BCUT2D eigenvalue weighted by atomic mass is 9.85. The van der Waals surface area contributed by atoms with Crippen molar-refractivity contribution in [2.75, 3.05) is 6.54 Å². The molecule has 0 radical (unpaired) electrons. The molecule has 1 aliphatic carbocycles. The van der Waals surface area contributed by atoms with Gasteiger partial charge in [0.15, 0.2) is 0 Å². The number of fused-ring (bicyclic) bond motifs is 1. The van der Waals surface area contributed by atoms with Gasteiger partial charge >= 0.3 is 0 Å². The molecule has 0 spiro atoms. The van der Waals surface area contributed by atoms with Gasteiger partial charge in [0.2, 0.25) is 10.0 Å². The fraction of sp³-hybridized carbons (Fsp3) is 0.471. The molecule has 5 nitrogen and oxygen atoms in total. The van der Waals surface area contributed by atoms with Gasteiger partial charge in [0.25, 0.3) is 0 Å². The van der Waals surface area contributed by atoms with Gasteiger partial charge in [0.1, 0.15) is 0 Å². The van der Waals surface area contributed by atoms with Crippen molar-refractivity contribution in [1.82, 2.24) is 9.71 Å². The number of rotatable bonds is 4. The Kier molecular flexibility index (Phi) is 6.20. The van der Waals surface area contributed by atoms with Crippen molar-refractivity contribution in [1.29, 1.82) is 0 Å². The Hall–Kier alpha value is -1.21. The van der Waals surface area contributed by atoms with E-state index in [1.54, 1.807) is 18.3 Å². The highest BCUT2D eigenvalue weighted by Gasteiger charge is 2.29. The van der Waals surface area contributed by atoms with Gasteiger partial charge in [-0.3, -0.25) is 4.98 Å². The van der Waals surface area contributed by atoms with Crippen LogP contribution in [0.3, 0.4) is 0 Å². The van der Waals surface area contributed by atoms with E-state index in [0.717, 1.165) is 36.8 Å². The molecule has 132 valence electrons. The molecule has 7 heteroatoms. The average Bonchev–Trinajstić information content (AvgIpc) is 2.55. The smallest absolute Gasteiger partial charge is 0.241 e. The van der Waals surface area contributed by atoms with Crippen LogP contribution in [0.2, 0.25) is 0 Å². The number of aryl methyl sites for hydroxylation is 1. The van der Waals surface area contributed by atoms with Crippen LogP contribution in [0.25, 0.3) is 10.9 Å². The number of nitrogens with zero attached hydrogens (tertiary/aromatic N) is 1. The van der Waals surface area contributed by atoms with Gasteiger partial charge in [-0.2, -0.15) is 0 Å². The molecule has 1 aromatic heterocycles. The van der Waals surface area contributed by atoms with Crippen LogP contribution in [0.4, 0.5) is 0 Å². The van der Waals surface area contributed by atoms with Crippen LogP contribution < -0.4 is 10.5 Å². The number of hydrogen-bond donors (Lipinski definition) is 2. The minimum Gasteiger partial charge on any atom is -0.330 e. The molecule has 2 atom stereocenters. The van der Waals surface area contributed by atoms with Crippen LogP contribution in [0, 0.1) is 12.8 Å². The van der Waals surface area contributed by atoms with E-state index in [1.165, 1.54) is 0 Å². The third-order valence-corrected chi connectivity index (χ3v) is 6.29. The summed E-state index contributed by atoms with van der Waals surface area (Å²) in [5.41, 5.74) is 7.52. The normalized spacial score (nSPS) is 21.4. The summed E-state index contributed by atoms with van der Waals surface area (Å²) in [7, 11) is -3.59. The quantitative estimate of drug-likeness (QED) is 0.867. The average molecular weight is 370 g/mol. The largest absolute Gasteiger partial charge is 0.330 e. The van der Waals surface area contributed by atoms with Crippen LogP contribution >= 0.6 is 12.4 Å². The maximum Gasteiger partial charge on any atom is 0.241 e. The number of nitrogens with one attached hydrogen (secondary N) is 1. The van der Waals surface area contributed by atoms with Gasteiger partial charge in [0.05, 0.1) is 10.4 Å². The topological polar surface area (TPSA) is 85.1 Å². The molecule has 2 unspecified atom stereocenters. The molecule has 3 rings (SSSR count). The van der Waals surface area contributed by atoms with Crippen LogP contribution in [0.15, 0.2) is 35.4 Å². The second-order valence-electron chi connectivity index (χ2n) is 6.29. The summed E-state index contributed by atoms with van der Waals surface area (Å²) in [5.74, 6) is 0.216. The van der Waals surface area contributed by atoms with Crippen LogP contribution in [0.5, 0.6) is 0 Å². The predicted octanol–water partition coefficient (Wildman–Crippen LogP) is 2.76. The van der Waals surface area contributed by atoms with Crippen LogP contribution in [-0.4, -0.2) is 26.0 Å². The minimum atomic E-state index is -3.59. The fourth-order valence-corrected chi connectivity index (χ4v) is 4.97. The van der Waals surface area contributed by atoms with E-state index in [1.807, 2.05) is 19.1 Å². The van der Waals surface area contributed by atoms with Gasteiger partial charge < -0.3 is 5.73 Å². The third-order valence-electron chi connectivity index (χ3n) is 4.74. The zero-order valence-corrected chi connectivity index (χ0v) is 15.4. The zero-order valence-electron chi connectivity index (χ0n) is 13.7. The van der Waals surface area contributed by atoms with E-state index in [2.05, 4.69) is 9.71 Å². The van der Waals surface area contributed by atoms with E-state index >= 15 is 0 Å². The third kappa shape index (κ3) is 3.72. The van der Waals surface area contributed by atoms with Crippen molar-refractivity contribution in [3.63, 3.8) is 0 Å². The van der Waals surface area contributed by atoms with Crippen molar-refractivity contribution >= 4 is 33.3 Å². The Bertz CT molecular complexity index is 811. The Morgan fingerprint density at radius 1 is 1.25 bits per heavy atom. The molecule has 1 fully saturated rings. The van der Waals surface area contributed by atoms with E-state index < -0.39 is 10.0 Å². The maximum absolute atomic E-state index is 12.9. The number of nitrogens with two attached hydrogens (primary N) is 1. The van der Waals surface area contributed by atoms with E-state index in [4.69, 9.17) is 5.73 Å². The monoisotopic (exact) mass is 369 g/mol. The summed E-state index contributed by atoms with van der Waals surface area (Å²) < 4.78 is 28.7. The summed E-state index contributed by atoms with van der Waals surface area (Å²) in [4.78, 5) is 4.62. The number of pyridine rings is 1. The van der Waals surface area contributed by atoms with Crippen molar-refractivity contribution in [3.05, 3.63) is 36.0 Å². The first kappa shape index (κ1) is 19.1. The van der Waals surface area contributed by atoms with Gasteiger partial charge in [-0.25, -0.2) is 13.1 Å². The standard InChI is InChI=1S/C17H23N3O2S.ClH/c1-12-8-9-16(14-6-4-10-19-17(12)14)23(21,22)20-15-7-3-2-5-13(15)11-18;/h4,6,8-10,13,15,20H,2-3,5,7,11,18H2,1H3;1H. The number of halogens is 1. The number of aromatic nitrogens is 1. The molecule has 0 bridgehead atoms. The Morgan fingerprint density at radius 3 is 2.75 bits per heavy atom. The van der Waals surface area contributed by atoms with Gasteiger partial charge in [0, 0.05) is 17.6 Å². The van der Waals surface area contributed by atoms with Gasteiger partial charge in [-0.15, -0.1) is 12.4 Å². The maximum atomic E-state index is 12.9. The molecular formula is C17H24ClN3O2S.